The summed E-state index contributed by atoms with van der Waals surface area (Å²) in [5.74, 6) is 0. The Labute approximate surface area is 153 Å². The minimum Gasteiger partial charge on any atom is -0.139 e. The van der Waals surface area contributed by atoms with Crippen LogP contribution >= 0.6 is 49.9 Å². The number of hydrogen-bond acceptors (Lipinski definition) is 3. The largest absolute Gasteiger partial charge is 0.139 e. The summed E-state index contributed by atoms with van der Waals surface area (Å²) < 4.78 is 1.20. The van der Waals surface area contributed by atoms with E-state index >= 15 is 0 Å². The van der Waals surface area contributed by atoms with Crippen LogP contribution in [0.4, 0.5) is 0 Å². The lowest BCUT2D eigenvalue weighted by molar-refractivity contribution is 0.670. The molecule has 3 aromatic rings. The van der Waals surface area contributed by atoms with Crippen LogP contribution in [0.5, 0.6) is 0 Å². The molecule has 0 nitrogen and oxygen atoms in total. The third kappa shape index (κ3) is 4.10. The second-order valence-corrected chi connectivity index (χ2v) is 10.1. The van der Waals surface area contributed by atoms with Crippen LogP contribution in [0.2, 0.25) is 0 Å². The Bertz CT molecular complexity index is 720. The molecule has 0 aliphatic carbocycles. The molecule has 3 heterocycles. The highest BCUT2D eigenvalue weighted by Gasteiger charge is 2.09. The van der Waals surface area contributed by atoms with E-state index in [2.05, 4.69) is 59.3 Å². The van der Waals surface area contributed by atoms with Gasteiger partial charge in [0.25, 0.3) is 0 Å². The molecule has 3 rings (SSSR count). The molecule has 22 heavy (non-hydrogen) atoms. The van der Waals surface area contributed by atoms with Gasteiger partial charge in [-0.25, -0.2) is 0 Å². The van der Waals surface area contributed by atoms with E-state index in [-0.39, 0.29) is 0 Å². The summed E-state index contributed by atoms with van der Waals surface area (Å²) in [6, 6.07) is 13.4. The van der Waals surface area contributed by atoms with Crippen LogP contribution in [0, 0.1) is 0 Å². The molecule has 0 bridgehead atoms. The number of thiophene rings is 3. The monoisotopic (exact) mass is 410 g/mol. The molecule has 3 aromatic heterocycles. The highest BCUT2D eigenvalue weighted by Crippen LogP contribution is 2.40. The van der Waals surface area contributed by atoms with Gasteiger partial charge in [0.15, 0.2) is 0 Å². The molecule has 0 amide bonds. The fraction of sp³-hybridized carbons (Fsp3) is 0.333. The summed E-state index contributed by atoms with van der Waals surface area (Å²) in [7, 11) is 0. The molecule has 0 saturated carbocycles. The third-order valence-corrected chi connectivity index (χ3v) is 7.85. The van der Waals surface area contributed by atoms with E-state index in [0.717, 1.165) is 0 Å². The van der Waals surface area contributed by atoms with E-state index in [0.29, 0.717) is 0 Å². The first kappa shape index (κ1) is 16.4. The van der Waals surface area contributed by atoms with Crippen molar-refractivity contribution in [3.05, 3.63) is 45.1 Å². The third-order valence-electron chi connectivity index (χ3n) is 3.60. The quantitative estimate of drug-likeness (QED) is 0.345. The van der Waals surface area contributed by atoms with Crippen molar-refractivity contribution in [2.45, 2.75) is 39.0 Å². The second-order valence-electron chi connectivity index (χ2n) is 5.34. The van der Waals surface area contributed by atoms with Crippen LogP contribution in [-0.2, 0) is 6.42 Å². The van der Waals surface area contributed by atoms with E-state index in [1.807, 2.05) is 22.7 Å². The summed E-state index contributed by atoms with van der Waals surface area (Å²) in [6.07, 6.45) is 6.60. The first-order valence-corrected chi connectivity index (χ1v) is 10.9. The molecule has 0 radical (unpaired) electrons. The topological polar surface area (TPSA) is 0 Å². The van der Waals surface area contributed by atoms with Gasteiger partial charge in [-0.2, -0.15) is 0 Å². The maximum atomic E-state index is 3.54. The second kappa shape index (κ2) is 7.91. The zero-order chi connectivity index (χ0) is 15.4. The lowest BCUT2D eigenvalue weighted by atomic mass is 10.1. The van der Waals surface area contributed by atoms with Crippen LogP contribution in [-0.4, -0.2) is 0 Å². The smallest absolute Gasteiger partial charge is 0.0705 e. The summed E-state index contributed by atoms with van der Waals surface area (Å²) >= 11 is 9.21. The Morgan fingerprint density at radius 3 is 2.05 bits per heavy atom. The summed E-state index contributed by atoms with van der Waals surface area (Å²) in [5, 5.41) is 0. The predicted octanol–water partition coefficient (Wildman–Crippen LogP) is 8.09. The van der Waals surface area contributed by atoms with Crippen LogP contribution in [0.1, 0.15) is 37.5 Å². The average Bonchev–Trinajstić information content (AvgIpc) is 3.23. The maximum Gasteiger partial charge on any atom is 0.0705 e. The van der Waals surface area contributed by atoms with Crippen molar-refractivity contribution in [2.75, 3.05) is 0 Å². The van der Waals surface area contributed by atoms with Crippen molar-refractivity contribution in [2.24, 2.45) is 0 Å². The number of rotatable bonds is 7. The van der Waals surface area contributed by atoms with Gasteiger partial charge in [0.2, 0.25) is 0 Å². The SMILES string of the molecule is CCCCCCc1ccc(-c2ccc(-c3ccc(Br)s3)s2)s1. The maximum absolute atomic E-state index is 3.54. The molecule has 0 atom stereocenters. The lowest BCUT2D eigenvalue weighted by Crippen LogP contribution is -1.80. The average molecular weight is 411 g/mol. The van der Waals surface area contributed by atoms with Crippen molar-refractivity contribution in [3.8, 4) is 19.5 Å². The van der Waals surface area contributed by atoms with Crippen molar-refractivity contribution >= 4 is 49.9 Å². The zero-order valence-electron chi connectivity index (χ0n) is 12.6. The highest BCUT2D eigenvalue weighted by atomic mass is 79.9. The van der Waals surface area contributed by atoms with Crippen molar-refractivity contribution in [1.29, 1.82) is 0 Å². The summed E-state index contributed by atoms with van der Waals surface area (Å²) in [5.41, 5.74) is 0. The molecule has 0 unspecified atom stereocenters. The Balaban J connectivity index is 1.67. The fourth-order valence-corrected chi connectivity index (χ4v) is 6.04. The van der Waals surface area contributed by atoms with Gasteiger partial charge in [0, 0.05) is 24.4 Å². The molecule has 0 saturated heterocycles. The first-order valence-electron chi connectivity index (χ1n) is 7.71. The van der Waals surface area contributed by atoms with Gasteiger partial charge < -0.3 is 0 Å². The molecule has 4 heteroatoms. The summed E-state index contributed by atoms with van der Waals surface area (Å²) in [6.45, 7) is 2.27. The van der Waals surface area contributed by atoms with Gasteiger partial charge in [0.05, 0.1) is 3.79 Å². The number of unbranched alkanes of at least 4 members (excludes halogenated alkanes) is 3. The Hall–Kier alpha value is -0.420. The predicted molar refractivity (Wildman–Crippen MR) is 106 cm³/mol. The minimum atomic E-state index is 1.20. The molecule has 116 valence electrons. The Kier molecular flexibility index (Phi) is 5.91. The van der Waals surface area contributed by atoms with Gasteiger partial charge in [-0.15, -0.1) is 34.0 Å². The first-order chi connectivity index (χ1) is 10.8. The number of hydrogen-bond donors (Lipinski definition) is 0. The van der Waals surface area contributed by atoms with Crippen LogP contribution in [0.3, 0.4) is 0 Å². The minimum absolute atomic E-state index is 1.20. The van der Waals surface area contributed by atoms with Crippen LogP contribution in [0.25, 0.3) is 19.5 Å². The molecular weight excluding hydrogens is 392 g/mol. The van der Waals surface area contributed by atoms with Gasteiger partial charge in [-0.1, -0.05) is 26.2 Å². The van der Waals surface area contributed by atoms with E-state index in [1.165, 1.54) is 60.3 Å². The Morgan fingerprint density at radius 2 is 1.36 bits per heavy atom. The molecule has 0 N–H and O–H groups in total. The Morgan fingerprint density at radius 1 is 0.727 bits per heavy atom. The van der Waals surface area contributed by atoms with Crippen molar-refractivity contribution < 1.29 is 0 Å². The van der Waals surface area contributed by atoms with Gasteiger partial charge >= 0.3 is 0 Å². The molecule has 0 fully saturated rings. The van der Waals surface area contributed by atoms with Gasteiger partial charge in [0.1, 0.15) is 0 Å². The summed E-state index contributed by atoms with van der Waals surface area (Å²) in [4.78, 5) is 7.05. The molecule has 0 spiro atoms. The van der Waals surface area contributed by atoms with E-state index in [4.69, 9.17) is 0 Å². The molecule has 0 aromatic carbocycles. The van der Waals surface area contributed by atoms with Gasteiger partial charge in [-0.3, -0.25) is 0 Å². The van der Waals surface area contributed by atoms with Gasteiger partial charge in [-0.05, 0) is 65.2 Å². The zero-order valence-corrected chi connectivity index (χ0v) is 16.6. The molecule has 0 aliphatic heterocycles. The number of halogens is 1. The highest BCUT2D eigenvalue weighted by molar-refractivity contribution is 9.11. The van der Waals surface area contributed by atoms with E-state index in [1.54, 1.807) is 11.3 Å². The molecule has 0 aliphatic rings. The normalized spacial score (nSPS) is 11.2. The number of aryl methyl sites for hydroxylation is 1. The van der Waals surface area contributed by atoms with Crippen LogP contribution < -0.4 is 0 Å². The van der Waals surface area contributed by atoms with Crippen molar-refractivity contribution in [1.82, 2.24) is 0 Å². The lowest BCUT2D eigenvalue weighted by Gasteiger charge is -1.96. The molecular formula is C18H19BrS3. The standard InChI is InChI=1S/C18H19BrS3/c1-2-3-4-5-6-13-7-8-14(20-13)15-9-10-16(21-15)17-11-12-18(19)22-17/h7-12H,2-6H2,1H3. The fourth-order valence-electron chi connectivity index (χ4n) is 2.42. The van der Waals surface area contributed by atoms with E-state index in [9.17, 15) is 0 Å². The van der Waals surface area contributed by atoms with Crippen LogP contribution in [0.15, 0.2) is 40.2 Å². The van der Waals surface area contributed by atoms with E-state index < -0.39 is 0 Å². The van der Waals surface area contributed by atoms with Crippen molar-refractivity contribution in [3.63, 3.8) is 0 Å².